The van der Waals surface area contributed by atoms with Crippen LogP contribution in [0.3, 0.4) is 0 Å². The number of carbonyl (C=O) groups excluding carboxylic acids is 1. The number of amides is 1. The number of nitrogens with two attached hydrogens (primary N) is 1. The Kier molecular flexibility index (Phi) is 3.10. The van der Waals surface area contributed by atoms with Crippen molar-refractivity contribution in [2.24, 2.45) is 0 Å². The molecule has 1 aromatic heterocycles. The van der Waals surface area contributed by atoms with E-state index in [9.17, 15) is 9.18 Å². The van der Waals surface area contributed by atoms with Gasteiger partial charge in [0.25, 0.3) is 5.91 Å². The molecule has 0 saturated carbocycles. The van der Waals surface area contributed by atoms with E-state index >= 15 is 0 Å². The number of hydrogen-bond acceptors (Lipinski definition) is 2. The highest BCUT2D eigenvalue weighted by Gasteiger charge is 2.12. The summed E-state index contributed by atoms with van der Waals surface area (Å²) in [5.41, 5.74) is 8.70. The molecule has 21 heavy (non-hydrogen) atoms. The van der Waals surface area contributed by atoms with Crippen LogP contribution >= 0.6 is 0 Å². The normalized spacial score (nSPS) is 10.8. The summed E-state index contributed by atoms with van der Waals surface area (Å²) < 4.78 is 13.2. The zero-order valence-corrected chi connectivity index (χ0v) is 11.4. The van der Waals surface area contributed by atoms with Crippen molar-refractivity contribution in [3.63, 3.8) is 0 Å². The van der Waals surface area contributed by atoms with Gasteiger partial charge in [-0.05, 0) is 48.9 Å². The Hall–Kier alpha value is -2.82. The largest absolute Gasteiger partial charge is 0.399 e. The number of aromatic nitrogens is 1. The molecule has 0 unspecified atom stereocenters. The van der Waals surface area contributed by atoms with Crippen LogP contribution in [0.1, 0.15) is 15.9 Å². The average Bonchev–Trinajstić information content (AvgIpc) is 2.85. The first-order valence-electron chi connectivity index (χ1n) is 6.49. The summed E-state index contributed by atoms with van der Waals surface area (Å²) in [6.45, 7) is 1.65. The first-order valence-corrected chi connectivity index (χ1v) is 6.49. The van der Waals surface area contributed by atoms with Crippen LogP contribution < -0.4 is 11.1 Å². The number of H-pyrrole nitrogens is 1. The van der Waals surface area contributed by atoms with E-state index in [0.29, 0.717) is 22.5 Å². The number of benzene rings is 2. The number of nitrogens with one attached hydrogen (secondary N) is 2. The minimum atomic E-state index is -0.296. The van der Waals surface area contributed by atoms with Crippen molar-refractivity contribution < 1.29 is 9.18 Å². The van der Waals surface area contributed by atoms with Crippen LogP contribution in [-0.2, 0) is 0 Å². The van der Waals surface area contributed by atoms with Gasteiger partial charge in [-0.25, -0.2) is 4.39 Å². The molecule has 4 N–H and O–H groups in total. The number of aromatic amines is 1. The summed E-state index contributed by atoms with van der Waals surface area (Å²) in [6, 6.07) is 9.78. The van der Waals surface area contributed by atoms with E-state index in [1.165, 1.54) is 12.1 Å². The third-order valence-electron chi connectivity index (χ3n) is 3.37. The van der Waals surface area contributed by atoms with Gasteiger partial charge in [-0.2, -0.15) is 0 Å². The van der Waals surface area contributed by atoms with Crippen molar-refractivity contribution >= 4 is 28.2 Å². The quantitative estimate of drug-likeness (QED) is 0.630. The minimum absolute atomic E-state index is 0.253. The fraction of sp³-hybridized carbons (Fsp3) is 0.0625. The maximum Gasteiger partial charge on any atom is 0.257 e. The highest BCUT2D eigenvalue weighted by atomic mass is 19.1. The van der Waals surface area contributed by atoms with Crippen LogP contribution in [0.2, 0.25) is 0 Å². The van der Waals surface area contributed by atoms with Gasteiger partial charge >= 0.3 is 0 Å². The summed E-state index contributed by atoms with van der Waals surface area (Å²) >= 11 is 0. The summed E-state index contributed by atoms with van der Waals surface area (Å²) in [5, 5.41) is 3.55. The molecule has 0 fully saturated rings. The Bertz CT molecular complexity index is 839. The van der Waals surface area contributed by atoms with Gasteiger partial charge in [-0.3, -0.25) is 4.79 Å². The Morgan fingerprint density at radius 1 is 1.24 bits per heavy atom. The lowest BCUT2D eigenvalue weighted by Gasteiger charge is -2.06. The summed E-state index contributed by atoms with van der Waals surface area (Å²) in [5.74, 6) is -0.549. The molecule has 106 valence electrons. The molecule has 0 spiro atoms. The molecule has 0 saturated heterocycles. The standard InChI is InChI=1S/C16H14FN3O/c1-9-6-11(3-5-14(9)17)20-16(21)13-8-19-15-7-10(18)2-4-12(13)15/h2-8,19H,18H2,1H3,(H,20,21). The van der Waals surface area contributed by atoms with E-state index in [-0.39, 0.29) is 11.7 Å². The van der Waals surface area contributed by atoms with E-state index in [2.05, 4.69) is 10.3 Å². The molecule has 0 aliphatic carbocycles. The lowest BCUT2D eigenvalue weighted by atomic mass is 10.1. The van der Waals surface area contributed by atoms with Crippen LogP contribution in [0.25, 0.3) is 10.9 Å². The van der Waals surface area contributed by atoms with Crippen molar-refractivity contribution in [2.45, 2.75) is 6.92 Å². The molecule has 0 aliphatic rings. The molecule has 0 atom stereocenters. The minimum Gasteiger partial charge on any atom is -0.399 e. The molecule has 5 heteroatoms. The van der Waals surface area contributed by atoms with E-state index in [1.54, 1.807) is 37.4 Å². The summed E-state index contributed by atoms with van der Waals surface area (Å²) in [7, 11) is 0. The number of fused-ring (bicyclic) bond motifs is 1. The molecule has 0 bridgehead atoms. The fourth-order valence-electron chi connectivity index (χ4n) is 2.25. The van der Waals surface area contributed by atoms with E-state index < -0.39 is 0 Å². The first-order chi connectivity index (χ1) is 10.0. The molecule has 3 rings (SSSR count). The molecule has 4 nitrogen and oxygen atoms in total. The van der Waals surface area contributed by atoms with Gasteiger partial charge in [-0.15, -0.1) is 0 Å². The van der Waals surface area contributed by atoms with Gasteiger partial charge in [0.1, 0.15) is 5.82 Å². The third kappa shape index (κ3) is 2.45. The average molecular weight is 283 g/mol. The van der Waals surface area contributed by atoms with Crippen LogP contribution in [0.15, 0.2) is 42.6 Å². The van der Waals surface area contributed by atoms with Crippen LogP contribution in [-0.4, -0.2) is 10.9 Å². The van der Waals surface area contributed by atoms with Crippen LogP contribution in [0, 0.1) is 12.7 Å². The second kappa shape index (κ2) is 4.94. The second-order valence-electron chi connectivity index (χ2n) is 4.93. The fourth-order valence-corrected chi connectivity index (χ4v) is 2.25. The number of nitrogen functional groups attached to an aromatic ring is 1. The Morgan fingerprint density at radius 3 is 2.81 bits per heavy atom. The number of anilines is 2. The molecule has 2 aromatic carbocycles. The van der Waals surface area contributed by atoms with Gasteiger partial charge in [0.05, 0.1) is 5.56 Å². The number of halogens is 1. The monoisotopic (exact) mass is 283 g/mol. The van der Waals surface area contributed by atoms with Gasteiger partial charge in [0.2, 0.25) is 0 Å². The van der Waals surface area contributed by atoms with E-state index in [1.807, 2.05) is 0 Å². The molecular formula is C16H14FN3O. The highest BCUT2D eigenvalue weighted by molar-refractivity contribution is 6.13. The predicted octanol–water partition coefficient (Wildman–Crippen LogP) is 3.45. The zero-order valence-electron chi connectivity index (χ0n) is 11.4. The Morgan fingerprint density at radius 2 is 2.05 bits per heavy atom. The van der Waals surface area contributed by atoms with Gasteiger partial charge in [-0.1, -0.05) is 0 Å². The third-order valence-corrected chi connectivity index (χ3v) is 3.37. The Labute approximate surface area is 120 Å². The topological polar surface area (TPSA) is 70.9 Å². The van der Waals surface area contributed by atoms with Gasteiger partial charge in [0, 0.05) is 28.5 Å². The second-order valence-corrected chi connectivity index (χ2v) is 4.93. The van der Waals surface area contributed by atoms with Crippen molar-refractivity contribution in [1.29, 1.82) is 0 Å². The Balaban J connectivity index is 1.91. The zero-order chi connectivity index (χ0) is 15.0. The highest BCUT2D eigenvalue weighted by Crippen LogP contribution is 2.22. The number of carbonyl (C=O) groups is 1. The SMILES string of the molecule is Cc1cc(NC(=O)c2c[nH]c3cc(N)ccc23)ccc1F. The number of aryl methyl sites for hydroxylation is 1. The first kappa shape index (κ1) is 13.2. The van der Waals surface area contributed by atoms with Crippen molar-refractivity contribution in [2.75, 3.05) is 11.1 Å². The smallest absolute Gasteiger partial charge is 0.257 e. The maximum atomic E-state index is 13.2. The summed E-state index contributed by atoms with van der Waals surface area (Å²) in [4.78, 5) is 15.3. The number of rotatable bonds is 2. The summed E-state index contributed by atoms with van der Waals surface area (Å²) in [6.07, 6.45) is 1.63. The van der Waals surface area contributed by atoms with Crippen molar-refractivity contribution in [3.05, 3.63) is 59.5 Å². The van der Waals surface area contributed by atoms with E-state index in [4.69, 9.17) is 5.73 Å². The lowest BCUT2D eigenvalue weighted by molar-refractivity contribution is 0.102. The molecule has 1 heterocycles. The van der Waals surface area contributed by atoms with Crippen molar-refractivity contribution in [1.82, 2.24) is 4.98 Å². The predicted molar refractivity (Wildman–Crippen MR) is 81.8 cm³/mol. The van der Waals surface area contributed by atoms with Gasteiger partial charge in [0.15, 0.2) is 0 Å². The molecule has 0 aliphatic heterocycles. The molecular weight excluding hydrogens is 269 g/mol. The van der Waals surface area contributed by atoms with Crippen molar-refractivity contribution in [3.8, 4) is 0 Å². The van der Waals surface area contributed by atoms with Crippen LogP contribution in [0.5, 0.6) is 0 Å². The van der Waals surface area contributed by atoms with Crippen LogP contribution in [0.4, 0.5) is 15.8 Å². The molecule has 3 aromatic rings. The van der Waals surface area contributed by atoms with Gasteiger partial charge < -0.3 is 16.0 Å². The maximum absolute atomic E-state index is 13.2. The van der Waals surface area contributed by atoms with E-state index in [0.717, 1.165) is 10.9 Å². The lowest BCUT2D eigenvalue weighted by Crippen LogP contribution is -2.11. The number of hydrogen-bond donors (Lipinski definition) is 3. The molecule has 0 radical (unpaired) electrons. The molecule has 1 amide bonds.